The van der Waals surface area contributed by atoms with Crippen LogP contribution in [0, 0.1) is 0 Å². The summed E-state index contributed by atoms with van der Waals surface area (Å²) in [7, 11) is 1.32. The van der Waals surface area contributed by atoms with Gasteiger partial charge in [-0.25, -0.2) is 4.79 Å². The molecule has 0 heterocycles. The van der Waals surface area contributed by atoms with E-state index in [1.165, 1.54) is 13.2 Å². The van der Waals surface area contributed by atoms with Crippen LogP contribution in [0.3, 0.4) is 0 Å². The van der Waals surface area contributed by atoms with Crippen LogP contribution in [0.1, 0.15) is 10.4 Å². The van der Waals surface area contributed by atoms with Gasteiger partial charge in [-0.3, -0.25) is 0 Å². The molecule has 0 aliphatic rings. The summed E-state index contributed by atoms with van der Waals surface area (Å²) in [4.78, 5) is 11.6. The Bertz CT molecular complexity index is 532. The number of phenolic OH excluding ortho intramolecular Hbond substituents is 1. The number of esters is 1. The van der Waals surface area contributed by atoms with Crippen LogP contribution >= 0.6 is 0 Å². The highest BCUT2D eigenvalue weighted by atomic mass is 16.5. The van der Waals surface area contributed by atoms with E-state index < -0.39 is 5.97 Å². The van der Waals surface area contributed by atoms with Crippen molar-refractivity contribution in [2.24, 2.45) is 0 Å². The summed E-state index contributed by atoms with van der Waals surface area (Å²) in [6.07, 6.45) is 0. The molecule has 1 N–H and O–H groups in total. The highest BCUT2D eigenvalue weighted by Crippen LogP contribution is 2.27. The minimum Gasteiger partial charge on any atom is -0.508 e. The fourth-order valence-corrected chi connectivity index (χ4v) is 1.68. The number of rotatable bonds is 2. The summed E-state index contributed by atoms with van der Waals surface area (Å²) in [6.45, 7) is 0. The number of carbonyl (C=O) groups is 1. The standard InChI is InChI=1S/C14H12O3/c1-17-14(16)13-9-11(15)7-8-12(13)10-5-3-2-4-6-10/h2-9,15H,1H3. The molecule has 0 fully saturated rings. The Morgan fingerprint density at radius 3 is 2.47 bits per heavy atom. The first-order valence-corrected chi connectivity index (χ1v) is 5.19. The van der Waals surface area contributed by atoms with Crippen molar-refractivity contribution in [1.29, 1.82) is 0 Å². The molecule has 0 saturated carbocycles. The molecule has 0 aliphatic heterocycles. The third-order valence-corrected chi connectivity index (χ3v) is 2.49. The lowest BCUT2D eigenvalue weighted by Gasteiger charge is -2.08. The number of hydrogen-bond acceptors (Lipinski definition) is 3. The van der Waals surface area contributed by atoms with Crippen molar-refractivity contribution < 1.29 is 14.6 Å². The molecule has 0 aromatic heterocycles. The Morgan fingerprint density at radius 2 is 1.82 bits per heavy atom. The lowest BCUT2D eigenvalue weighted by atomic mass is 9.99. The summed E-state index contributed by atoms with van der Waals surface area (Å²) in [5.41, 5.74) is 2.02. The van der Waals surface area contributed by atoms with Crippen LogP contribution < -0.4 is 0 Å². The minimum atomic E-state index is -0.459. The summed E-state index contributed by atoms with van der Waals surface area (Å²) in [5, 5.41) is 9.42. The van der Waals surface area contributed by atoms with Gasteiger partial charge in [0.05, 0.1) is 12.7 Å². The molecule has 0 atom stereocenters. The van der Waals surface area contributed by atoms with Gasteiger partial charge < -0.3 is 9.84 Å². The highest BCUT2D eigenvalue weighted by Gasteiger charge is 2.13. The minimum absolute atomic E-state index is 0.0464. The van der Waals surface area contributed by atoms with Gasteiger partial charge >= 0.3 is 5.97 Å². The number of hydrogen-bond donors (Lipinski definition) is 1. The van der Waals surface area contributed by atoms with Crippen LogP contribution in [-0.2, 0) is 4.74 Å². The van der Waals surface area contributed by atoms with E-state index in [2.05, 4.69) is 0 Å². The van der Waals surface area contributed by atoms with Crippen LogP contribution in [0.25, 0.3) is 11.1 Å². The number of methoxy groups -OCH3 is 1. The predicted octanol–water partition coefficient (Wildman–Crippen LogP) is 2.85. The van der Waals surface area contributed by atoms with Crippen LogP contribution in [0.5, 0.6) is 5.75 Å². The van der Waals surface area contributed by atoms with Gasteiger partial charge in [0.25, 0.3) is 0 Å². The SMILES string of the molecule is COC(=O)c1cc(O)ccc1-c1ccccc1. The molecule has 0 radical (unpaired) electrons. The van der Waals surface area contributed by atoms with E-state index in [0.29, 0.717) is 5.56 Å². The van der Waals surface area contributed by atoms with Gasteiger partial charge in [0.1, 0.15) is 5.75 Å². The Morgan fingerprint density at radius 1 is 1.12 bits per heavy atom. The molecule has 3 heteroatoms. The number of phenols is 1. The van der Waals surface area contributed by atoms with Gasteiger partial charge in [-0.05, 0) is 29.3 Å². The smallest absolute Gasteiger partial charge is 0.338 e. The van der Waals surface area contributed by atoms with Crippen LogP contribution in [-0.4, -0.2) is 18.2 Å². The Labute approximate surface area is 99.3 Å². The predicted molar refractivity (Wildman–Crippen MR) is 64.9 cm³/mol. The summed E-state index contributed by atoms with van der Waals surface area (Å²) in [5.74, 6) is -0.412. The van der Waals surface area contributed by atoms with Gasteiger partial charge in [0.2, 0.25) is 0 Å². The molecule has 2 aromatic carbocycles. The molecular formula is C14H12O3. The zero-order valence-electron chi connectivity index (χ0n) is 9.38. The molecule has 0 saturated heterocycles. The molecule has 86 valence electrons. The molecule has 0 bridgehead atoms. The molecule has 2 aromatic rings. The first-order chi connectivity index (χ1) is 8.22. The Hall–Kier alpha value is -2.29. The second-order valence-electron chi connectivity index (χ2n) is 3.59. The number of ether oxygens (including phenoxy) is 1. The molecule has 3 nitrogen and oxygen atoms in total. The molecular weight excluding hydrogens is 216 g/mol. The summed E-state index contributed by atoms with van der Waals surface area (Å²) in [6, 6.07) is 14.2. The van der Waals surface area contributed by atoms with E-state index in [-0.39, 0.29) is 5.75 Å². The Kier molecular flexibility index (Phi) is 3.10. The van der Waals surface area contributed by atoms with Crippen molar-refractivity contribution in [1.82, 2.24) is 0 Å². The highest BCUT2D eigenvalue weighted by molar-refractivity contribution is 5.97. The second kappa shape index (κ2) is 4.70. The third kappa shape index (κ3) is 2.28. The van der Waals surface area contributed by atoms with Gasteiger partial charge in [-0.2, -0.15) is 0 Å². The average Bonchev–Trinajstić information content (AvgIpc) is 2.38. The van der Waals surface area contributed by atoms with Gasteiger partial charge in [0.15, 0.2) is 0 Å². The van der Waals surface area contributed by atoms with Gasteiger partial charge in [-0.15, -0.1) is 0 Å². The van der Waals surface area contributed by atoms with E-state index in [1.807, 2.05) is 30.3 Å². The van der Waals surface area contributed by atoms with Crippen molar-refractivity contribution in [2.75, 3.05) is 7.11 Å². The fraction of sp³-hybridized carbons (Fsp3) is 0.0714. The number of benzene rings is 2. The summed E-state index contributed by atoms with van der Waals surface area (Å²) < 4.78 is 4.70. The third-order valence-electron chi connectivity index (χ3n) is 2.49. The summed E-state index contributed by atoms with van der Waals surface area (Å²) >= 11 is 0. The molecule has 0 spiro atoms. The fourth-order valence-electron chi connectivity index (χ4n) is 1.68. The van der Waals surface area contributed by atoms with Gasteiger partial charge in [0, 0.05) is 0 Å². The molecule has 0 unspecified atom stereocenters. The lowest BCUT2D eigenvalue weighted by molar-refractivity contribution is 0.0601. The van der Waals surface area contributed by atoms with Crippen molar-refractivity contribution in [3.05, 3.63) is 54.1 Å². The zero-order valence-corrected chi connectivity index (χ0v) is 9.38. The van der Waals surface area contributed by atoms with Crippen LogP contribution in [0.2, 0.25) is 0 Å². The van der Waals surface area contributed by atoms with E-state index in [9.17, 15) is 9.90 Å². The van der Waals surface area contributed by atoms with E-state index in [1.54, 1.807) is 12.1 Å². The number of aromatic hydroxyl groups is 1. The van der Waals surface area contributed by atoms with E-state index in [0.717, 1.165) is 11.1 Å². The van der Waals surface area contributed by atoms with Gasteiger partial charge in [-0.1, -0.05) is 30.3 Å². The Balaban J connectivity index is 2.58. The van der Waals surface area contributed by atoms with Crippen molar-refractivity contribution in [3.63, 3.8) is 0 Å². The van der Waals surface area contributed by atoms with E-state index >= 15 is 0 Å². The molecule has 17 heavy (non-hydrogen) atoms. The topological polar surface area (TPSA) is 46.5 Å². The van der Waals surface area contributed by atoms with Crippen molar-refractivity contribution in [2.45, 2.75) is 0 Å². The quantitative estimate of drug-likeness (QED) is 0.804. The maximum Gasteiger partial charge on any atom is 0.338 e. The lowest BCUT2D eigenvalue weighted by Crippen LogP contribution is -2.03. The van der Waals surface area contributed by atoms with E-state index in [4.69, 9.17) is 4.74 Å². The normalized spacial score (nSPS) is 9.94. The maximum absolute atomic E-state index is 11.6. The number of carbonyl (C=O) groups excluding carboxylic acids is 1. The van der Waals surface area contributed by atoms with Crippen molar-refractivity contribution in [3.8, 4) is 16.9 Å². The molecule has 2 rings (SSSR count). The first-order valence-electron chi connectivity index (χ1n) is 5.19. The van der Waals surface area contributed by atoms with Crippen LogP contribution in [0.4, 0.5) is 0 Å². The second-order valence-corrected chi connectivity index (χ2v) is 3.59. The monoisotopic (exact) mass is 228 g/mol. The first kappa shape index (κ1) is 11.2. The maximum atomic E-state index is 11.6. The largest absolute Gasteiger partial charge is 0.508 e. The van der Waals surface area contributed by atoms with Crippen molar-refractivity contribution >= 4 is 5.97 Å². The molecule has 0 aliphatic carbocycles. The van der Waals surface area contributed by atoms with Crippen LogP contribution in [0.15, 0.2) is 48.5 Å². The zero-order chi connectivity index (χ0) is 12.3. The molecule has 0 amide bonds. The average molecular weight is 228 g/mol.